The number of esters is 1. The summed E-state index contributed by atoms with van der Waals surface area (Å²) in [7, 11) is -0.674. The Bertz CT molecular complexity index is 592. The number of likely N-dealkylation sites (N-methyl/N-ethyl adjacent to an activating group) is 1. The van der Waals surface area contributed by atoms with Crippen molar-refractivity contribution in [2.24, 2.45) is 0 Å². The van der Waals surface area contributed by atoms with Crippen molar-refractivity contribution < 1.29 is 17.9 Å². The topological polar surface area (TPSA) is 75.7 Å². The molecule has 1 unspecified atom stereocenters. The van der Waals surface area contributed by atoms with E-state index >= 15 is 0 Å². The van der Waals surface area contributed by atoms with Gasteiger partial charge in [0.1, 0.15) is 0 Å². The molecule has 0 aliphatic carbocycles. The standard InChI is InChI=1S/C14H20N2O4S/c1-16(10-12-4-3-9-15-12)21(18,19)13-7-5-11(6-8-13)14(17)20-2/h5-8,12,15H,3-4,9-10H2,1-2H3. The third-order valence-electron chi connectivity index (χ3n) is 3.62. The third kappa shape index (κ3) is 3.61. The van der Waals surface area contributed by atoms with Crippen LogP contribution in [0.4, 0.5) is 0 Å². The molecule has 1 saturated heterocycles. The highest BCUT2D eigenvalue weighted by Crippen LogP contribution is 2.17. The van der Waals surface area contributed by atoms with E-state index in [0.717, 1.165) is 19.4 Å². The highest BCUT2D eigenvalue weighted by atomic mass is 32.2. The first kappa shape index (κ1) is 15.9. The van der Waals surface area contributed by atoms with Crippen LogP contribution in [0.25, 0.3) is 0 Å². The van der Waals surface area contributed by atoms with Gasteiger partial charge in [-0.05, 0) is 43.7 Å². The molecule has 1 aliphatic heterocycles. The molecule has 1 aliphatic rings. The molecule has 0 aromatic heterocycles. The van der Waals surface area contributed by atoms with Gasteiger partial charge in [-0.3, -0.25) is 0 Å². The highest BCUT2D eigenvalue weighted by Gasteiger charge is 2.25. The van der Waals surface area contributed by atoms with E-state index in [9.17, 15) is 13.2 Å². The van der Waals surface area contributed by atoms with Crippen molar-refractivity contribution in [1.82, 2.24) is 9.62 Å². The summed E-state index contributed by atoms with van der Waals surface area (Å²) in [6, 6.07) is 5.99. The second kappa shape index (κ2) is 6.55. The van der Waals surface area contributed by atoms with Crippen LogP contribution in [0.3, 0.4) is 0 Å². The van der Waals surface area contributed by atoms with E-state index in [2.05, 4.69) is 10.1 Å². The van der Waals surface area contributed by atoms with Gasteiger partial charge in [0.25, 0.3) is 0 Å². The van der Waals surface area contributed by atoms with Gasteiger partial charge in [-0.25, -0.2) is 13.2 Å². The fourth-order valence-electron chi connectivity index (χ4n) is 2.38. The minimum Gasteiger partial charge on any atom is -0.465 e. The molecule has 0 amide bonds. The van der Waals surface area contributed by atoms with Gasteiger partial charge in [0.15, 0.2) is 0 Å². The van der Waals surface area contributed by atoms with Crippen molar-refractivity contribution in [3.8, 4) is 0 Å². The van der Waals surface area contributed by atoms with Crippen LogP contribution in [0, 0.1) is 0 Å². The lowest BCUT2D eigenvalue weighted by molar-refractivity contribution is 0.0600. The second-order valence-electron chi connectivity index (χ2n) is 5.09. The lowest BCUT2D eigenvalue weighted by Gasteiger charge is -2.21. The van der Waals surface area contributed by atoms with Gasteiger partial charge in [-0.1, -0.05) is 0 Å². The van der Waals surface area contributed by atoms with Crippen molar-refractivity contribution in [3.05, 3.63) is 29.8 Å². The van der Waals surface area contributed by atoms with Crippen LogP contribution in [0.15, 0.2) is 29.2 Å². The molecule has 0 saturated carbocycles. The van der Waals surface area contributed by atoms with E-state index in [0.29, 0.717) is 12.1 Å². The zero-order chi connectivity index (χ0) is 15.5. The molecule has 1 fully saturated rings. The Morgan fingerprint density at radius 1 is 1.38 bits per heavy atom. The van der Waals surface area contributed by atoms with Crippen LogP contribution in [-0.2, 0) is 14.8 Å². The Hall–Kier alpha value is -1.44. The Morgan fingerprint density at radius 2 is 2.05 bits per heavy atom. The third-order valence-corrected chi connectivity index (χ3v) is 5.46. The quantitative estimate of drug-likeness (QED) is 0.816. The van der Waals surface area contributed by atoms with E-state index in [1.54, 1.807) is 7.05 Å². The molecule has 2 rings (SSSR count). The number of benzene rings is 1. The van der Waals surface area contributed by atoms with Gasteiger partial charge in [-0.15, -0.1) is 0 Å². The number of nitrogens with zero attached hydrogens (tertiary/aromatic N) is 1. The molecule has 21 heavy (non-hydrogen) atoms. The fraction of sp³-hybridized carbons (Fsp3) is 0.500. The molecular formula is C14H20N2O4S. The summed E-state index contributed by atoms with van der Waals surface area (Å²) < 4.78 is 30.8. The smallest absolute Gasteiger partial charge is 0.337 e. The first-order valence-corrected chi connectivity index (χ1v) is 8.27. The average molecular weight is 312 g/mol. The monoisotopic (exact) mass is 312 g/mol. The fourth-order valence-corrected chi connectivity index (χ4v) is 3.60. The molecule has 1 N–H and O–H groups in total. The maximum atomic E-state index is 12.5. The second-order valence-corrected chi connectivity index (χ2v) is 7.14. The molecule has 1 aromatic rings. The number of hydrogen-bond acceptors (Lipinski definition) is 5. The zero-order valence-corrected chi connectivity index (χ0v) is 13.0. The van der Waals surface area contributed by atoms with Gasteiger partial charge in [0.05, 0.1) is 17.6 Å². The Morgan fingerprint density at radius 3 is 2.57 bits per heavy atom. The van der Waals surface area contributed by atoms with Crippen LogP contribution in [0.5, 0.6) is 0 Å². The molecule has 116 valence electrons. The molecule has 0 radical (unpaired) electrons. The van der Waals surface area contributed by atoms with Crippen LogP contribution >= 0.6 is 0 Å². The first-order chi connectivity index (χ1) is 9.95. The summed E-state index contributed by atoms with van der Waals surface area (Å²) in [6.07, 6.45) is 2.06. The molecule has 0 spiro atoms. The summed E-state index contributed by atoms with van der Waals surface area (Å²) in [5.74, 6) is -0.484. The Labute approximate surface area is 125 Å². The number of ether oxygens (including phenoxy) is 1. The minimum atomic E-state index is -3.53. The molecule has 6 nitrogen and oxygen atoms in total. The van der Waals surface area contributed by atoms with Crippen molar-refractivity contribution >= 4 is 16.0 Å². The summed E-state index contributed by atoms with van der Waals surface area (Å²) in [5.41, 5.74) is 0.330. The van der Waals surface area contributed by atoms with E-state index in [1.165, 1.54) is 35.7 Å². The van der Waals surface area contributed by atoms with E-state index in [4.69, 9.17) is 0 Å². The molecular weight excluding hydrogens is 292 g/mol. The predicted molar refractivity (Wildman–Crippen MR) is 78.6 cm³/mol. The van der Waals surface area contributed by atoms with Gasteiger partial charge < -0.3 is 10.1 Å². The summed E-state index contributed by atoms with van der Waals surface area (Å²) in [5, 5.41) is 3.28. The van der Waals surface area contributed by atoms with E-state index < -0.39 is 16.0 Å². The number of rotatable bonds is 5. The predicted octanol–water partition coefficient (Wildman–Crippen LogP) is 0.846. The molecule has 1 aromatic carbocycles. The maximum Gasteiger partial charge on any atom is 0.337 e. The first-order valence-electron chi connectivity index (χ1n) is 6.83. The number of hydrogen-bond donors (Lipinski definition) is 1. The van der Waals surface area contributed by atoms with Crippen molar-refractivity contribution in [2.45, 2.75) is 23.8 Å². The average Bonchev–Trinajstić information content (AvgIpc) is 2.99. The maximum absolute atomic E-state index is 12.5. The van der Waals surface area contributed by atoms with Gasteiger partial charge in [-0.2, -0.15) is 4.31 Å². The van der Waals surface area contributed by atoms with Gasteiger partial charge in [0, 0.05) is 19.6 Å². The highest BCUT2D eigenvalue weighted by molar-refractivity contribution is 7.89. The van der Waals surface area contributed by atoms with Crippen LogP contribution in [0.2, 0.25) is 0 Å². The number of methoxy groups -OCH3 is 1. The molecule has 7 heteroatoms. The van der Waals surface area contributed by atoms with Crippen LogP contribution < -0.4 is 5.32 Å². The van der Waals surface area contributed by atoms with Crippen molar-refractivity contribution in [3.63, 3.8) is 0 Å². The lowest BCUT2D eigenvalue weighted by Crippen LogP contribution is -2.38. The number of sulfonamides is 1. The lowest BCUT2D eigenvalue weighted by atomic mass is 10.2. The number of carbonyl (C=O) groups excluding carboxylic acids is 1. The van der Waals surface area contributed by atoms with E-state index in [-0.39, 0.29) is 10.9 Å². The number of nitrogens with one attached hydrogen (secondary N) is 1. The van der Waals surface area contributed by atoms with Crippen molar-refractivity contribution in [2.75, 3.05) is 27.2 Å². The van der Waals surface area contributed by atoms with E-state index in [1.807, 2.05) is 0 Å². The minimum absolute atomic E-state index is 0.177. The Kier molecular flexibility index (Phi) is 4.97. The zero-order valence-electron chi connectivity index (χ0n) is 12.2. The normalized spacial score (nSPS) is 18.9. The van der Waals surface area contributed by atoms with Crippen molar-refractivity contribution in [1.29, 1.82) is 0 Å². The van der Waals surface area contributed by atoms with Gasteiger partial charge in [0.2, 0.25) is 10.0 Å². The summed E-state index contributed by atoms with van der Waals surface area (Å²) in [4.78, 5) is 11.5. The Balaban J connectivity index is 2.12. The molecule has 1 atom stereocenters. The van der Waals surface area contributed by atoms with Crippen LogP contribution in [0.1, 0.15) is 23.2 Å². The largest absolute Gasteiger partial charge is 0.465 e. The SMILES string of the molecule is COC(=O)c1ccc(S(=O)(=O)N(C)CC2CCCN2)cc1. The molecule has 0 bridgehead atoms. The summed E-state index contributed by atoms with van der Waals surface area (Å²) >= 11 is 0. The van der Waals surface area contributed by atoms with Gasteiger partial charge >= 0.3 is 5.97 Å². The van der Waals surface area contributed by atoms with Crippen LogP contribution in [-0.4, -0.2) is 52.0 Å². The summed E-state index contributed by atoms with van der Waals surface area (Å²) in [6.45, 7) is 1.38. The number of carbonyl (C=O) groups is 1. The molecule has 1 heterocycles.